The summed E-state index contributed by atoms with van der Waals surface area (Å²) in [6.07, 6.45) is 1.38. The van der Waals surface area contributed by atoms with Crippen molar-refractivity contribution in [2.45, 2.75) is 12.5 Å². The normalized spacial score (nSPS) is 14.4. The van der Waals surface area contributed by atoms with Crippen LogP contribution < -0.4 is 4.73 Å². The number of aromatic nitrogens is 1. The van der Waals surface area contributed by atoms with Crippen LogP contribution in [0.5, 0.6) is 0 Å². The quantitative estimate of drug-likeness (QED) is 0.610. The van der Waals surface area contributed by atoms with Gasteiger partial charge in [0.15, 0.2) is 11.8 Å². The first-order valence-corrected chi connectivity index (χ1v) is 5.09. The lowest BCUT2D eigenvalue weighted by atomic mass is 9.92. The molecular weight excluding hydrogens is 202 g/mol. The fraction of sp³-hybridized carbons (Fsp3) is 0.154. The molecular formula is C13H13NO2. The minimum absolute atomic E-state index is 0.321. The first-order chi connectivity index (χ1) is 7.62. The summed E-state index contributed by atoms with van der Waals surface area (Å²) in [4.78, 5) is 0. The Labute approximate surface area is 94.2 Å². The van der Waals surface area contributed by atoms with E-state index < -0.39 is 5.60 Å². The monoisotopic (exact) mass is 215 g/mol. The van der Waals surface area contributed by atoms with Gasteiger partial charge in [-0.15, -0.1) is 0 Å². The Morgan fingerprint density at radius 2 is 1.69 bits per heavy atom. The van der Waals surface area contributed by atoms with Crippen LogP contribution in [-0.2, 0) is 5.60 Å². The Balaban J connectivity index is 2.51. The van der Waals surface area contributed by atoms with Crippen LogP contribution in [0.15, 0.2) is 54.7 Å². The van der Waals surface area contributed by atoms with Crippen molar-refractivity contribution in [3.05, 3.63) is 71.2 Å². The molecule has 1 aromatic heterocycles. The third-order valence-corrected chi connectivity index (χ3v) is 2.66. The minimum Gasteiger partial charge on any atom is -0.618 e. The van der Waals surface area contributed by atoms with E-state index in [1.54, 1.807) is 37.3 Å². The fourth-order valence-electron chi connectivity index (χ4n) is 1.72. The lowest BCUT2D eigenvalue weighted by Gasteiger charge is -2.21. The summed E-state index contributed by atoms with van der Waals surface area (Å²) in [7, 11) is 0. The zero-order valence-electron chi connectivity index (χ0n) is 9.00. The minimum atomic E-state index is -1.27. The fourth-order valence-corrected chi connectivity index (χ4v) is 1.72. The van der Waals surface area contributed by atoms with Gasteiger partial charge in [-0.3, -0.25) is 0 Å². The van der Waals surface area contributed by atoms with Gasteiger partial charge < -0.3 is 10.3 Å². The second-order valence-corrected chi connectivity index (χ2v) is 3.85. The number of hydrogen-bond donors (Lipinski definition) is 1. The molecule has 3 nitrogen and oxygen atoms in total. The van der Waals surface area contributed by atoms with E-state index >= 15 is 0 Å². The molecule has 16 heavy (non-hydrogen) atoms. The van der Waals surface area contributed by atoms with E-state index in [0.717, 1.165) is 0 Å². The zero-order valence-corrected chi connectivity index (χ0v) is 9.00. The smallest absolute Gasteiger partial charge is 0.228 e. The third kappa shape index (κ3) is 1.77. The van der Waals surface area contributed by atoms with Gasteiger partial charge in [-0.2, -0.15) is 4.73 Å². The van der Waals surface area contributed by atoms with Gasteiger partial charge in [-0.05, 0) is 18.6 Å². The molecule has 0 bridgehead atoms. The molecule has 0 aliphatic carbocycles. The molecule has 0 aliphatic heterocycles. The lowest BCUT2D eigenvalue weighted by Crippen LogP contribution is -2.41. The van der Waals surface area contributed by atoms with Gasteiger partial charge in [-0.1, -0.05) is 30.3 Å². The van der Waals surface area contributed by atoms with E-state index in [4.69, 9.17) is 0 Å². The van der Waals surface area contributed by atoms with Gasteiger partial charge in [0.05, 0.1) is 0 Å². The number of nitrogens with zero attached hydrogens (tertiary/aromatic N) is 1. The second-order valence-electron chi connectivity index (χ2n) is 3.85. The van der Waals surface area contributed by atoms with Crippen molar-refractivity contribution >= 4 is 0 Å². The SMILES string of the molecule is CC(O)(c1ccccc1)c1cccc[n+]1[O-]. The summed E-state index contributed by atoms with van der Waals surface area (Å²) in [6, 6.07) is 14.1. The molecule has 2 rings (SSSR count). The van der Waals surface area contributed by atoms with Gasteiger partial charge in [0.25, 0.3) is 0 Å². The number of pyridine rings is 1. The predicted octanol–water partition coefficient (Wildman–Crippen LogP) is 1.58. The van der Waals surface area contributed by atoms with Crippen LogP contribution in [0.2, 0.25) is 0 Å². The predicted molar refractivity (Wildman–Crippen MR) is 60.5 cm³/mol. The van der Waals surface area contributed by atoms with Crippen molar-refractivity contribution in [3.63, 3.8) is 0 Å². The lowest BCUT2D eigenvalue weighted by molar-refractivity contribution is -0.621. The zero-order chi connectivity index (χ0) is 11.6. The first-order valence-electron chi connectivity index (χ1n) is 5.09. The van der Waals surface area contributed by atoms with E-state index in [2.05, 4.69) is 0 Å². The third-order valence-electron chi connectivity index (χ3n) is 2.66. The van der Waals surface area contributed by atoms with Crippen LogP contribution in [0.25, 0.3) is 0 Å². The second kappa shape index (κ2) is 3.94. The van der Waals surface area contributed by atoms with Crippen molar-refractivity contribution in [1.29, 1.82) is 0 Å². The Kier molecular flexibility index (Phi) is 2.62. The van der Waals surface area contributed by atoms with Crippen molar-refractivity contribution < 1.29 is 9.84 Å². The molecule has 2 aromatic rings. The van der Waals surface area contributed by atoms with E-state index in [0.29, 0.717) is 16.0 Å². The molecule has 82 valence electrons. The Morgan fingerprint density at radius 3 is 2.31 bits per heavy atom. The number of rotatable bonds is 2. The molecule has 0 spiro atoms. The van der Waals surface area contributed by atoms with Crippen LogP contribution in [0.1, 0.15) is 18.2 Å². The highest BCUT2D eigenvalue weighted by molar-refractivity contribution is 5.28. The van der Waals surface area contributed by atoms with E-state index in [9.17, 15) is 10.3 Å². The maximum atomic E-state index is 11.6. The molecule has 0 saturated heterocycles. The molecule has 1 heterocycles. The van der Waals surface area contributed by atoms with Gasteiger partial charge in [0, 0.05) is 12.1 Å². The number of aliphatic hydroxyl groups is 1. The maximum Gasteiger partial charge on any atom is 0.228 e. The van der Waals surface area contributed by atoms with Crippen molar-refractivity contribution in [2.75, 3.05) is 0 Å². The van der Waals surface area contributed by atoms with Crippen LogP contribution >= 0.6 is 0 Å². The summed E-state index contributed by atoms with van der Waals surface area (Å²) in [6.45, 7) is 1.62. The summed E-state index contributed by atoms with van der Waals surface area (Å²) < 4.78 is 0.688. The summed E-state index contributed by atoms with van der Waals surface area (Å²) in [5.41, 5.74) is -0.253. The number of benzene rings is 1. The topological polar surface area (TPSA) is 47.2 Å². The van der Waals surface area contributed by atoms with Crippen LogP contribution in [0.4, 0.5) is 0 Å². The molecule has 1 aromatic carbocycles. The summed E-state index contributed by atoms with van der Waals surface area (Å²) in [5.74, 6) is 0. The molecule has 1 atom stereocenters. The number of hydrogen-bond acceptors (Lipinski definition) is 2. The van der Waals surface area contributed by atoms with Gasteiger partial charge in [0.1, 0.15) is 0 Å². The molecule has 0 amide bonds. The molecule has 3 heteroatoms. The highest BCUT2D eigenvalue weighted by Gasteiger charge is 2.32. The van der Waals surface area contributed by atoms with E-state index in [1.807, 2.05) is 18.2 Å². The Hall–Kier alpha value is -1.87. The summed E-state index contributed by atoms with van der Waals surface area (Å²) in [5, 5.41) is 22.0. The highest BCUT2D eigenvalue weighted by Crippen LogP contribution is 2.25. The highest BCUT2D eigenvalue weighted by atomic mass is 16.5. The van der Waals surface area contributed by atoms with Crippen molar-refractivity contribution in [3.8, 4) is 0 Å². The molecule has 0 aliphatic rings. The standard InChI is InChI=1S/C13H13NO2/c1-13(15,11-7-3-2-4-8-11)12-9-5-6-10-14(12)16/h2-10,15H,1H3. The Morgan fingerprint density at radius 1 is 1.06 bits per heavy atom. The van der Waals surface area contributed by atoms with Gasteiger partial charge >= 0.3 is 0 Å². The van der Waals surface area contributed by atoms with Crippen molar-refractivity contribution in [2.24, 2.45) is 0 Å². The van der Waals surface area contributed by atoms with Crippen LogP contribution in [-0.4, -0.2) is 5.11 Å². The largest absolute Gasteiger partial charge is 0.618 e. The molecule has 0 saturated carbocycles. The van der Waals surface area contributed by atoms with Gasteiger partial charge in [0.2, 0.25) is 5.69 Å². The Bertz CT molecular complexity index is 480. The molecule has 1 unspecified atom stereocenters. The van der Waals surface area contributed by atoms with Crippen molar-refractivity contribution in [1.82, 2.24) is 0 Å². The average molecular weight is 215 g/mol. The van der Waals surface area contributed by atoms with Crippen LogP contribution in [0, 0.1) is 5.21 Å². The first kappa shape index (κ1) is 10.6. The molecule has 0 fully saturated rings. The van der Waals surface area contributed by atoms with E-state index in [1.165, 1.54) is 6.20 Å². The maximum absolute atomic E-state index is 11.6. The van der Waals surface area contributed by atoms with Gasteiger partial charge in [-0.25, -0.2) is 0 Å². The molecule has 1 N–H and O–H groups in total. The van der Waals surface area contributed by atoms with E-state index in [-0.39, 0.29) is 0 Å². The van der Waals surface area contributed by atoms with Crippen LogP contribution in [0.3, 0.4) is 0 Å². The molecule has 0 radical (unpaired) electrons. The average Bonchev–Trinajstić information content (AvgIpc) is 2.30. The summed E-state index contributed by atoms with van der Waals surface area (Å²) >= 11 is 0.